The van der Waals surface area contributed by atoms with E-state index in [9.17, 15) is 0 Å². The summed E-state index contributed by atoms with van der Waals surface area (Å²) < 4.78 is 0. The maximum atomic E-state index is 6.12. The number of halogens is 3. The zero-order valence-corrected chi connectivity index (χ0v) is 12.4. The van der Waals surface area contributed by atoms with Crippen LogP contribution in [-0.2, 0) is 0 Å². The lowest BCUT2D eigenvalue weighted by Gasteiger charge is -2.33. The molecule has 18 heavy (non-hydrogen) atoms. The molecule has 102 valence electrons. The van der Waals surface area contributed by atoms with Gasteiger partial charge in [0.1, 0.15) is 5.15 Å². The molecule has 0 aliphatic carbocycles. The van der Waals surface area contributed by atoms with E-state index in [4.69, 9.17) is 11.6 Å². The Balaban J connectivity index is 0.00000144. The zero-order chi connectivity index (χ0) is 11.4. The Morgan fingerprint density at radius 2 is 2.06 bits per heavy atom. The first-order valence-electron chi connectivity index (χ1n) is 5.50. The van der Waals surface area contributed by atoms with E-state index in [1.165, 1.54) is 0 Å². The van der Waals surface area contributed by atoms with Crippen LogP contribution in [0.2, 0.25) is 5.15 Å². The normalized spacial score (nSPS) is 17.2. The summed E-state index contributed by atoms with van der Waals surface area (Å²) in [6, 6.07) is 4.10. The lowest BCUT2D eigenvalue weighted by molar-refractivity contribution is 0.203. The van der Waals surface area contributed by atoms with Crippen molar-refractivity contribution < 1.29 is 0 Å². The van der Waals surface area contributed by atoms with Gasteiger partial charge in [0.2, 0.25) is 0 Å². The molecule has 0 bridgehead atoms. The SMILES string of the molecule is C=C[C@@H](c1cccnc1Cl)N1CCNCC1.Cl.Cl. The Morgan fingerprint density at radius 1 is 1.39 bits per heavy atom. The third-order valence-corrected chi connectivity index (χ3v) is 3.19. The summed E-state index contributed by atoms with van der Waals surface area (Å²) in [5.74, 6) is 0. The highest BCUT2D eigenvalue weighted by atomic mass is 35.5. The van der Waals surface area contributed by atoms with Gasteiger partial charge in [-0.2, -0.15) is 0 Å². The van der Waals surface area contributed by atoms with Crippen LogP contribution >= 0.6 is 36.4 Å². The molecule has 0 unspecified atom stereocenters. The quantitative estimate of drug-likeness (QED) is 0.687. The van der Waals surface area contributed by atoms with Crippen molar-refractivity contribution in [3.63, 3.8) is 0 Å². The molecular formula is C12H18Cl3N3. The number of pyridine rings is 1. The van der Waals surface area contributed by atoms with E-state index < -0.39 is 0 Å². The fraction of sp³-hybridized carbons (Fsp3) is 0.417. The molecule has 0 aromatic carbocycles. The molecule has 1 aromatic rings. The highest BCUT2D eigenvalue weighted by molar-refractivity contribution is 6.30. The maximum Gasteiger partial charge on any atom is 0.134 e. The second kappa shape index (κ2) is 8.73. The van der Waals surface area contributed by atoms with Crippen molar-refractivity contribution in [2.45, 2.75) is 6.04 Å². The van der Waals surface area contributed by atoms with E-state index in [2.05, 4.69) is 21.8 Å². The van der Waals surface area contributed by atoms with E-state index >= 15 is 0 Å². The highest BCUT2D eigenvalue weighted by Gasteiger charge is 2.21. The number of nitrogens with one attached hydrogen (secondary N) is 1. The van der Waals surface area contributed by atoms with Crippen LogP contribution in [0.3, 0.4) is 0 Å². The molecule has 2 rings (SSSR count). The molecule has 1 aromatic heterocycles. The van der Waals surface area contributed by atoms with Crippen LogP contribution in [0.1, 0.15) is 11.6 Å². The average Bonchev–Trinajstić information content (AvgIpc) is 2.34. The Bertz CT molecular complexity index is 367. The Morgan fingerprint density at radius 3 is 2.61 bits per heavy atom. The number of hydrogen-bond acceptors (Lipinski definition) is 3. The largest absolute Gasteiger partial charge is 0.314 e. The summed E-state index contributed by atoms with van der Waals surface area (Å²) in [7, 11) is 0. The molecule has 1 atom stereocenters. The van der Waals surface area contributed by atoms with Crippen molar-refractivity contribution >= 4 is 36.4 Å². The van der Waals surface area contributed by atoms with Crippen molar-refractivity contribution in [3.05, 3.63) is 41.7 Å². The Kier molecular flexibility index (Phi) is 8.57. The minimum Gasteiger partial charge on any atom is -0.314 e. The minimum absolute atomic E-state index is 0. The maximum absolute atomic E-state index is 6.12. The first-order valence-corrected chi connectivity index (χ1v) is 5.88. The van der Waals surface area contributed by atoms with Crippen molar-refractivity contribution in [2.24, 2.45) is 0 Å². The molecule has 6 heteroatoms. The fourth-order valence-corrected chi connectivity index (χ4v) is 2.28. The average molecular weight is 311 g/mol. The van der Waals surface area contributed by atoms with E-state index in [-0.39, 0.29) is 30.9 Å². The molecule has 2 heterocycles. The van der Waals surface area contributed by atoms with Gasteiger partial charge in [0, 0.05) is 37.9 Å². The van der Waals surface area contributed by atoms with Crippen molar-refractivity contribution in [1.82, 2.24) is 15.2 Å². The Hall–Kier alpha value is -0.320. The molecule has 1 fully saturated rings. The van der Waals surface area contributed by atoms with Crippen molar-refractivity contribution in [2.75, 3.05) is 26.2 Å². The third-order valence-electron chi connectivity index (χ3n) is 2.87. The van der Waals surface area contributed by atoms with Crippen LogP contribution in [-0.4, -0.2) is 36.1 Å². The zero-order valence-electron chi connectivity index (χ0n) is 10.0. The van der Waals surface area contributed by atoms with Crippen LogP contribution in [0.4, 0.5) is 0 Å². The van der Waals surface area contributed by atoms with Gasteiger partial charge in [0.15, 0.2) is 0 Å². The van der Waals surface area contributed by atoms with Crippen molar-refractivity contribution in [1.29, 1.82) is 0 Å². The van der Waals surface area contributed by atoms with Gasteiger partial charge >= 0.3 is 0 Å². The van der Waals surface area contributed by atoms with E-state index in [1.807, 2.05) is 18.2 Å². The number of rotatable bonds is 3. The number of aromatic nitrogens is 1. The monoisotopic (exact) mass is 309 g/mol. The third kappa shape index (κ3) is 4.11. The van der Waals surface area contributed by atoms with Gasteiger partial charge in [-0.15, -0.1) is 31.4 Å². The molecule has 1 N–H and O–H groups in total. The second-order valence-electron chi connectivity index (χ2n) is 3.85. The lowest BCUT2D eigenvalue weighted by atomic mass is 10.1. The van der Waals surface area contributed by atoms with Gasteiger partial charge in [0.25, 0.3) is 0 Å². The predicted molar refractivity (Wildman–Crippen MR) is 81.1 cm³/mol. The summed E-state index contributed by atoms with van der Waals surface area (Å²) in [4.78, 5) is 6.49. The van der Waals surface area contributed by atoms with E-state index in [0.29, 0.717) is 5.15 Å². The second-order valence-corrected chi connectivity index (χ2v) is 4.21. The van der Waals surface area contributed by atoms with Gasteiger partial charge in [0.05, 0.1) is 6.04 Å². The Labute approximate surface area is 125 Å². The number of hydrogen-bond donors (Lipinski definition) is 1. The van der Waals surface area contributed by atoms with Gasteiger partial charge in [-0.05, 0) is 6.07 Å². The predicted octanol–water partition coefficient (Wildman–Crippen LogP) is 2.71. The van der Waals surface area contributed by atoms with Gasteiger partial charge in [-0.3, -0.25) is 4.90 Å². The topological polar surface area (TPSA) is 28.2 Å². The summed E-state index contributed by atoms with van der Waals surface area (Å²) in [5.41, 5.74) is 1.04. The van der Waals surface area contributed by atoms with Crippen LogP contribution in [0.5, 0.6) is 0 Å². The van der Waals surface area contributed by atoms with Crippen LogP contribution < -0.4 is 5.32 Å². The summed E-state index contributed by atoms with van der Waals surface area (Å²) >= 11 is 6.12. The first kappa shape index (κ1) is 17.7. The molecule has 0 radical (unpaired) electrons. The van der Waals surface area contributed by atoms with Crippen LogP contribution in [0, 0.1) is 0 Å². The van der Waals surface area contributed by atoms with Gasteiger partial charge in [-0.1, -0.05) is 23.7 Å². The molecule has 0 saturated carbocycles. The van der Waals surface area contributed by atoms with Gasteiger partial charge in [-0.25, -0.2) is 4.98 Å². The van der Waals surface area contributed by atoms with Crippen LogP contribution in [0.25, 0.3) is 0 Å². The summed E-state index contributed by atoms with van der Waals surface area (Å²) in [6.07, 6.45) is 3.65. The molecular weight excluding hydrogens is 293 g/mol. The number of nitrogens with zero attached hydrogens (tertiary/aromatic N) is 2. The van der Waals surface area contributed by atoms with Crippen molar-refractivity contribution in [3.8, 4) is 0 Å². The standard InChI is InChI=1S/C12H16ClN3.2ClH/c1-2-11(16-8-6-14-7-9-16)10-4-3-5-15-12(10)13;;/h2-5,11,14H,1,6-9H2;2*1H/t11-;;/m0../s1. The van der Waals surface area contributed by atoms with E-state index in [0.717, 1.165) is 31.7 Å². The minimum atomic E-state index is 0. The van der Waals surface area contributed by atoms with E-state index in [1.54, 1.807) is 6.20 Å². The lowest BCUT2D eigenvalue weighted by Crippen LogP contribution is -2.44. The highest BCUT2D eigenvalue weighted by Crippen LogP contribution is 2.26. The van der Waals surface area contributed by atoms with Gasteiger partial charge < -0.3 is 5.32 Å². The van der Waals surface area contributed by atoms with Crippen LogP contribution in [0.15, 0.2) is 31.0 Å². The molecule has 3 nitrogen and oxygen atoms in total. The molecule has 1 saturated heterocycles. The molecule has 1 aliphatic heterocycles. The smallest absolute Gasteiger partial charge is 0.134 e. The first-order chi connectivity index (χ1) is 7.83. The summed E-state index contributed by atoms with van der Waals surface area (Å²) in [5, 5.41) is 3.91. The molecule has 1 aliphatic rings. The summed E-state index contributed by atoms with van der Waals surface area (Å²) in [6.45, 7) is 7.97. The fourth-order valence-electron chi connectivity index (χ4n) is 2.05. The molecule has 0 amide bonds. The number of piperazine rings is 1. The molecule has 0 spiro atoms.